The first kappa shape index (κ1) is 13.6. The zero-order valence-corrected chi connectivity index (χ0v) is 11.7. The van der Waals surface area contributed by atoms with E-state index < -0.39 is 16.0 Å². The number of sulfonamides is 1. The Bertz CT molecular complexity index is 730. The highest BCUT2D eigenvalue weighted by Gasteiger charge is 2.27. The first-order valence-electron chi connectivity index (χ1n) is 5.15. The van der Waals surface area contributed by atoms with Crippen LogP contribution in [0, 0.1) is 6.92 Å². The molecule has 0 aliphatic rings. The van der Waals surface area contributed by atoms with E-state index in [0.717, 1.165) is 11.3 Å². The van der Waals surface area contributed by atoms with Crippen LogP contribution in [0.3, 0.4) is 0 Å². The maximum atomic E-state index is 12.2. The second-order valence-electron chi connectivity index (χ2n) is 3.86. The van der Waals surface area contributed by atoms with Gasteiger partial charge in [-0.1, -0.05) is 0 Å². The number of anilines is 1. The average molecular weight is 301 g/mol. The van der Waals surface area contributed by atoms with Crippen molar-refractivity contribution >= 4 is 33.1 Å². The number of aryl methyl sites for hydroxylation is 2. The summed E-state index contributed by atoms with van der Waals surface area (Å²) in [5.41, 5.74) is 0.394. The first-order valence-corrected chi connectivity index (χ1v) is 7.51. The molecule has 0 atom stereocenters. The Morgan fingerprint density at radius 2 is 2.21 bits per heavy atom. The Hall–Kier alpha value is -1.87. The number of nitrogens with zero attached hydrogens (tertiary/aromatic N) is 2. The number of aromatic carboxylic acids is 1. The fourth-order valence-corrected chi connectivity index (χ4v) is 4.20. The molecule has 0 amide bonds. The van der Waals surface area contributed by atoms with Crippen molar-refractivity contribution in [2.45, 2.75) is 11.8 Å². The standard InChI is InChI=1S/C10H11N3O4S2/c1-6-5-18-8(10(14)15)9(6)19(16,17)12-7-3-4-13(2)11-7/h3-5H,1-2H3,(H,11,12)(H,14,15). The van der Waals surface area contributed by atoms with E-state index in [1.807, 2.05) is 0 Å². The number of rotatable bonds is 4. The lowest BCUT2D eigenvalue weighted by Crippen LogP contribution is -2.16. The number of carboxylic acid groups (broad SMARTS) is 1. The fourth-order valence-electron chi connectivity index (χ4n) is 1.57. The molecule has 0 aliphatic carbocycles. The molecule has 2 aromatic rings. The van der Waals surface area contributed by atoms with E-state index in [1.165, 1.54) is 16.1 Å². The molecule has 0 saturated heterocycles. The maximum absolute atomic E-state index is 12.2. The summed E-state index contributed by atoms with van der Waals surface area (Å²) in [6.45, 7) is 1.55. The van der Waals surface area contributed by atoms with E-state index in [-0.39, 0.29) is 15.6 Å². The second kappa shape index (κ2) is 4.67. The van der Waals surface area contributed by atoms with Crippen molar-refractivity contribution in [3.8, 4) is 0 Å². The molecule has 2 rings (SSSR count). The minimum atomic E-state index is -3.96. The Morgan fingerprint density at radius 1 is 1.53 bits per heavy atom. The predicted octanol–water partition coefficient (Wildman–Crippen LogP) is 1.29. The number of hydrogen-bond acceptors (Lipinski definition) is 5. The summed E-state index contributed by atoms with van der Waals surface area (Å²) < 4.78 is 28.1. The zero-order valence-electron chi connectivity index (χ0n) is 10.1. The van der Waals surface area contributed by atoms with Gasteiger partial charge in [0, 0.05) is 19.3 Å². The molecule has 0 aromatic carbocycles. The molecule has 0 aliphatic heterocycles. The van der Waals surface area contributed by atoms with Crippen LogP contribution in [0.1, 0.15) is 15.2 Å². The molecular weight excluding hydrogens is 290 g/mol. The number of aromatic nitrogens is 2. The topological polar surface area (TPSA) is 101 Å². The van der Waals surface area contributed by atoms with Crippen LogP contribution < -0.4 is 4.72 Å². The second-order valence-corrected chi connectivity index (χ2v) is 6.36. The third kappa shape index (κ3) is 2.61. The third-order valence-corrected chi connectivity index (χ3v) is 5.09. The highest BCUT2D eigenvalue weighted by atomic mass is 32.2. The molecule has 9 heteroatoms. The molecule has 0 fully saturated rings. The minimum absolute atomic E-state index is 0.143. The third-order valence-electron chi connectivity index (χ3n) is 2.33. The van der Waals surface area contributed by atoms with Crippen molar-refractivity contribution in [1.82, 2.24) is 9.78 Å². The summed E-state index contributed by atoms with van der Waals surface area (Å²) >= 11 is 0.883. The van der Waals surface area contributed by atoms with Gasteiger partial charge in [-0.2, -0.15) is 5.10 Å². The largest absolute Gasteiger partial charge is 0.477 e. The van der Waals surface area contributed by atoms with Gasteiger partial charge in [-0.25, -0.2) is 13.2 Å². The van der Waals surface area contributed by atoms with E-state index in [1.54, 1.807) is 20.2 Å². The van der Waals surface area contributed by atoms with Crippen molar-refractivity contribution in [2.75, 3.05) is 4.72 Å². The van der Waals surface area contributed by atoms with Gasteiger partial charge < -0.3 is 5.11 Å². The van der Waals surface area contributed by atoms with E-state index in [4.69, 9.17) is 5.11 Å². The van der Waals surface area contributed by atoms with Gasteiger partial charge in [-0.3, -0.25) is 9.40 Å². The van der Waals surface area contributed by atoms with Crippen LogP contribution in [0.25, 0.3) is 0 Å². The van der Waals surface area contributed by atoms with Gasteiger partial charge in [0.05, 0.1) is 0 Å². The Kier molecular flexibility index (Phi) is 3.33. The number of hydrogen-bond donors (Lipinski definition) is 2. The summed E-state index contributed by atoms with van der Waals surface area (Å²) in [7, 11) is -2.31. The summed E-state index contributed by atoms with van der Waals surface area (Å²) in [5.74, 6) is -1.12. The van der Waals surface area contributed by atoms with E-state index >= 15 is 0 Å². The van der Waals surface area contributed by atoms with Gasteiger partial charge in [-0.05, 0) is 17.9 Å². The molecule has 0 unspecified atom stereocenters. The van der Waals surface area contributed by atoms with Crippen molar-refractivity contribution in [3.63, 3.8) is 0 Å². The summed E-state index contributed by atoms with van der Waals surface area (Å²) in [6, 6.07) is 1.49. The Morgan fingerprint density at radius 3 is 2.74 bits per heavy atom. The smallest absolute Gasteiger partial charge is 0.347 e. The van der Waals surface area contributed by atoms with E-state index in [9.17, 15) is 13.2 Å². The SMILES string of the molecule is Cc1csc(C(=O)O)c1S(=O)(=O)Nc1ccn(C)n1. The molecule has 2 N–H and O–H groups in total. The van der Waals surface area contributed by atoms with Crippen LogP contribution >= 0.6 is 11.3 Å². The maximum Gasteiger partial charge on any atom is 0.347 e. The van der Waals surface area contributed by atoms with Crippen molar-refractivity contribution in [3.05, 3.63) is 28.1 Å². The van der Waals surface area contributed by atoms with Crippen LogP contribution in [0.4, 0.5) is 5.82 Å². The lowest BCUT2D eigenvalue weighted by Gasteiger charge is -2.06. The van der Waals surface area contributed by atoms with Gasteiger partial charge >= 0.3 is 5.97 Å². The lowest BCUT2D eigenvalue weighted by atomic mass is 10.3. The monoisotopic (exact) mass is 301 g/mol. The molecule has 102 valence electrons. The molecule has 7 nitrogen and oxygen atoms in total. The highest BCUT2D eigenvalue weighted by molar-refractivity contribution is 7.93. The number of nitrogens with one attached hydrogen (secondary N) is 1. The van der Waals surface area contributed by atoms with Gasteiger partial charge in [0.25, 0.3) is 10.0 Å². The Labute approximate surface area is 113 Å². The molecule has 0 saturated carbocycles. The highest BCUT2D eigenvalue weighted by Crippen LogP contribution is 2.28. The van der Waals surface area contributed by atoms with Crippen LogP contribution in [-0.4, -0.2) is 29.3 Å². The summed E-state index contributed by atoms with van der Waals surface area (Å²) in [6.07, 6.45) is 1.58. The van der Waals surface area contributed by atoms with Crippen LogP contribution in [-0.2, 0) is 17.1 Å². The Balaban J connectivity index is 2.45. The number of carbonyl (C=O) groups is 1. The number of thiophene rings is 1. The van der Waals surface area contributed by atoms with Gasteiger partial charge in [0.1, 0.15) is 9.77 Å². The molecule has 0 bridgehead atoms. The summed E-state index contributed by atoms with van der Waals surface area (Å²) in [4.78, 5) is 10.6. The van der Waals surface area contributed by atoms with E-state index in [0.29, 0.717) is 5.56 Å². The van der Waals surface area contributed by atoms with Gasteiger partial charge in [-0.15, -0.1) is 11.3 Å². The summed E-state index contributed by atoms with van der Waals surface area (Å²) in [5, 5.41) is 14.4. The van der Waals surface area contributed by atoms with Crippen LogP contribution in [0.5, 0.6) is 0 Å². The fraction of sp³-hybridized carbons (Fsp3) is 0.200. The van der Waals surface area contributed by atoms with Crippen LogP contribution in [0.15, 0.2) is 22.5 Å². The van der Waals surface area contributed by atoms with E-state index in [2.05, 4.69) is 9.82 Å². The van der Waals surface area contributed by atoms with Crippen LogP contribution in [0.2, 0.25) is 0 Å². The normalized spacial score (nSPS) is 11.5. The molecular formula is C10H11N3O4S2. The predicted molar refractivity (Wildman–Crippen MR) is 70.0 cm³/mol. The quantitative estimate of drug-likeness (QED) is 0.886. The van der Waals surface area contributed by atoms with Crippen molar-refractivity contribution in [2.24, 2.45) is 7.05 Å². The molecule has 2 aromatic heterocycles. The van der Waals surface area contributed by atoms with Crippen molar-refractivity contribution < 1.29 is 18.3 Å². The number of carboxylic acids is 1. The van der Waals surface area contributed by atoms with Crippen molar-refractivity contribution in [1.29, 1.82) is 0 Å². The molecule has 19 heavy (non-hydrogen) atoms. The lowest BCUT2D eigenvalue weighted by molar-refractivity contribution is 0.0698. The first-order chi connectivity index (χ1) is 8.81. The molecule has 2 heterocycles. The van der Waals surface area contributed by atoms with Gasteiger partial charge in [0.15, 0.2) is 5.82 Å². The zero-order chi connectivity index (χ0) is 14.2. The molecule has 0 spiro atoms. The average Bonchev–Trinajstić information content (AvgIpc) is 2.84. The minimum Gasteiger partial charge on any atom is -0.477 e. The van der Waals surface area contributed by atoms with Gasteiger partial charge in [0.2, 0.25) is 0 Å². The molecule has 0 radical (unpaired) electrons.